The summed E-state index contributed by atoms with van der Waals surface area (Å²) in [5.41, 5.74) is 11.5. The van der Waals surface area contributed by atoms with Crippen molar-refractivity contribution in [3.63, 3.8) is 0 Å². The van der Waals surface area contributed by atoms with Gasteiger partial charge in [0, 0.05) is 17.9 Å². The van der Waals surface area contributed by atoms with Gasteiger partial charge >= 0.3 is 5.97 Å². The van der Waals surface area contributed by atoms with Crippen LogP contribution in [0.3, 0.4) is 0 Å². The minimum atomic E-state index is -0.297. The molecule has 3 nitrogen and oxygen atoms in total. The van der Waals surface area contributed by atoms with Crippen LogP contribution < -0.4 is 5.73 Å². The molecule has 3 aliphatic rings. The molecule has 0 amide bonds. The zero-order valence-corrected chi connectivity index (χ0v) is 12.5. The van der Waals surface area contributed by atoms with E-state index in [0.29, 0.717) is 6.61 Å². The minimum absolute atomic E-state index is 0.00597. The van der Waals surface area contributed by atoms with Crippen LogP contribution >= 0.6 is 0 Å². The molecule has 0 heterocycles. The Balaban J connectivity index is 1.94. The lowest BCUT2D eigenvalue weighted by Crippen LogP contribution is -2.52. The highest BCUT2D eigenvalue weighted by molar-refractivity contribution is 5.79. The van der Waals surface area contributed by atoms with Gasteiger partial charge in [-0.1, -0.05) is 48.5 Å². The quantitative estimate of drug-likeness (QED) is 0.866. The number of nitrogens with two attached hydrogens (primary N) is 1. The van der Waals surface area contributed by atoms with Crippen molar-refractivity contribution in [1.29, 1.82) is 0 Å². The third-order valence-corrected chi connectivity index (χ3v) is 5.05. The second-order valence-corrected chi connectivity index (χ2v) is 6.07. The van der Waals surface area contributed by atoms with E-state index in [2.05, 4.69) is 24.3 Å². The second-order valence-electron chi connectivity index (χ2n) is 6.07. The van der Waals surface area contributed by atoms with E-state index >= 15 is 0 Å². The molecule has 0 saturated carbocycles. The van der Waals surface area contributed by atoms with E-state index in [1.807, 2.05) is 31.2 Å². The number of fused-ring (bicyclic) bond motifs is 1. The van der Waals surface area contributed by atoms with Gasteiger partial charge in [0.2, 0.25) is 0 Å². The summed E-state index contributed by atoms with van der Waals surface area (Å²) < 4.78 is 5.32. The molecule has 3 aliphatic carbocycles. The van der Waals surface area contributed by atoms with Crippen LogP contribution in [-0.4, -0.2) is 18.6 Å². The first-order valence-corrected chi connectivity index (χ1v) is 7.84. The van der Waals surface area contributed by atoms with Crippen molar-refractivity contribution in [2.24, 2.45) is 11.7 Å². The van der Waals surface area contributed by atoms with Gasteiger partial charge in [-0.3, -0.25) is 4.79 Å². The Morgan fingerprint density at radius 1 is 0.955 bits per heavy atom. The molecule has 112 valence electrons. The van der Waals surface area contributed by atoms with E-state index in [0.717, 1.165) is 0 Å². The molecule has 5 rings (SSSR count). The molecule has 22 heavy (non-hydrogen) atoms. The van der Waals surface area contributed by atoms with Gasteiger partial charge in [-0.15, -0.1) is 0 Å². The number of carbonyl (C=O) groups excluding carboxylic acids is 1. The fourth-order valence-corrected chi connectivity index (χ4v) is 4.25. The molecule has 2 aromatic rings. The second kappa shape index (κ2) is 4.96. The Morgan fingerprint density at radius 2 is 1.41 bits per heavy atom. The summed E-state index contributed by atoms with van der Waals surface area (Å²) in [6, 6.07) is 16.5. The Hall–Kier alpha value is -2.13. The van der Waals surface area contributed by atoms with Gasteiger partial charge in [0.1, 0.15) is 0 Å². The monoisotopic (exact) mass is 293 g/mol. The summed E-state index contributed by atoms with van der Waals surface area (Å²) >= 11 is 0. The third kappa shape index (κ3) is 1.69. The van der Waals surface area contributed by atoms with Crippen LogP contribution in [0.15, 0.2) is 48.5 Å². The number of rotatable bonds is 2. The van der Waals surface area contributed by atoms with Gasteiger partial charge in [-0.2, -0.15) is 0 Å². The van der Waals surface area contributed by atoms with Crippen molar-refractivity contribution >= 4 is 5.97 Å². The van der Waals surface area contributed by atoms with Gasteiger partial charge in [-0.25, -0.2) is 0 Å². The Kier molecular flexibility index (Phi) is 3.05. The topological polar surface area (TPSA) is 52.3 Å². The van der Waals surface area contributed by atoms with Crippen LogP contribution in [0.4, 0.5) is 0 Å². The van der Waals surface area contributed by atoms with Crippen molar-refractivity contribution in [2.75, 3.05) is 6.61 Å². The van der Waals surface area contributed by atoms with Crippen molar-refractivity contribution in [3.8, 4) is 0 Å². The van der Waals surface area contributed by atoms with Crippen LogP contribution in [0.25, 0.3) is 0 Å². The predicted octanol–water partition coefficient (Wildman–Crippen LogP) is 2.78. The smallest absolute Gasteiger partial charge is 0.311 e. The molecule has 2 aromatic carbocycles. The molecule has 0 aromatic heterocycles. The first-order valence-electron chi connectivity index (χ1n) is 7.84. The molecule has 2 bridgehead atoms. The summed E-state index contributed by atoms with van der Waals surface area (Å²) in [5.74, 6) is -0.387. The predicted molar refractivity (Wildman–Crippen MR) is 84.7 cm³/mol. The van der Waals surface area contributed by atoms with Crippen LogP contribution in [0.1, 0.15) is 41.0 Å². The normalized spacial score (nSPS) is 27.9. The Morgan fingerprint density at radius 3 is 1.86 bits per heavy atom. The molecule has 3 heteroatoms. The van der Waals surface area contributed by atoms with E-state index < -0.39 is 0 Å². The molecule has 0 saturated heterocycles. The van der Waals surface area contributed by atoms with Gasteiger partial charge in [-0.05, 0) is 29.2 Å². The molecule has 0 fully saturated rings. The summed E-state index contributed by atoms with van der Waals surface area (Å²) in [6.45, 7) is 2.23. The average molecular weight is 293 g/mol. The maximum atomic E-state index is 12.5. The fourth-order valence-electron chi connectivity index (χ4n) is 4.25. The van der Waals surface area contributed by atoms with E-state index in [-0.39, 0.29) is 29.8 Å². The zero-order valence-electron chi connectivity index (χ0n) is 12.5. The van der Waals surface area contributed by atoms with Crippen molar-refractivity contribution in [2.45, 2.75) is 24.8 Å². The van der Waals surface area contributed by atoms with E-state index in [1.54, 1.807) is 0 Å². The number of benzene rings is 2. The Labute approximate surface area is 130 Å². The first-order chi connectivity index (χ1) is 10.7. The van der Waals surface area contributed by atoms with E-state index in [9.17, 15) is 4.79 Å². The Bertz CT molecular complexity index is 692. The van der Waals surface area contributed by atoms with Gasteiger partial charge in [0.25, 0.3) is 0 Å². The molecule has 2 N–H and O–H groups in total. The number of esters is 1. The molecule has 2 atom stereocenters. The lowest BCUT2D eigenvalue weighted by Gasteiger charge is -2.48. The maximum Gasteiger partial charge on any atom is 0.311 e. The van der Waals surface area contributed by atoms with Crippen LogP contribution in [-0.2, 0) is 9.53 Å². The highest BCUT2D eigenvalue weighted by Gasteiger charge is 2.51. The highest BCUT2D eigenvalue weighted by atomic mass is 16.5. The molecular weight excluding hydrogens is 274 g/mol. The van der Waals surface area contributed by atoms with Gasteiger partial charge < -0.3 is 10.5 Å². The summed E-state index contributed by atoms with van der Waals surface area (Å²) in [7, 11) is 0. The summed E-state index contributed by atoms with van der Waals surface area (Å²) in [5, 5.41) is 0. The largest absolute Gasteiger partial charge is 0.466 e. The molecule has 0 unspecified atom stereocenters. The van der Waals surface area contributed by atoms with E-state index in [4.69, 9.17) is 10.5 Å². The fraction of sp³-hybridized carbons (Fsp3) is 0.316. The van der Waals surface area contributed by atoms with Gasteiger partial charge in [0.15, 0.2) is 0 Å². The number of hydrogen-bond donors (Lipinski definition) is 1. The van der Waals surface area contributed by atoms with Crippen molar-refractivity contribution in [1.82, 2.24) is 0 Å². The standard InChI is InChI=1S/C19H19NO2/c1-2-22-19(21)17-15-11-7-3-5-9-13(11)16(18(17)20)14-10-6-4-8-12(14)15/h3-10,15-18H,2,20H2,1H3/t15-,16-,17-,18-/m0/s1. The maximum absolute atomic E-state index is 12.5. The molecule has 0 spiro atoms. The number of carbonyl (C=O) groups is 1. The van der Waals surface area contributed by atoms with Crippen LogP contribution in [0.5, 0.6) is 0 Å². The van der Waals surface area contributed by atoms with Crippen molar-refractivity contribution < 1.29 is 9.53 Å². The summed E-state index contributed by atoms with van der Waals surface area (Å²) in [6.07, 6.45) is 0. The summed E-state index contributed by atoms with van der Waals surface area (Å²) in [4.78, 5) is 12.5. The first kappa shape index (κ1) is 13.5. The zero-order chi connectivity index (χ0) is 15.3. The van der Waals surface area contributed by atoms with E-state index in [1.165, 1.54) is 22.3 Å². The number of hydrogen-bond acceptors (Lipinski definition) is 3. The SMILES string of the molecule is CCOC(=O)[C@H]1[C@H]2c3ccccc3[C@@H](c3ccccc32)[C@@H]1N. The van der Waals surface area contributed by atoms with Crippen LogP contribution in [0, 0.1) is 5.92 Å². The average Bonchev–Trinajstić information content (AvgIpc) is 2.55. The van der Waals surface area contributed by atoms with Crippen LogP contribution in [0.2, 0.25) is 0 Å². The molecule has 0 aliphatic heterocycles. The lowest BCUT2D eigenvalue weighted by molar-refractivity contribution is -0.150. The lowest BCUT2D eigenvalue weighted by atomic mass is 9.57. The number of ether oxygens (including phenoxy) is 1. The van der Waals surface area contributed by atoms with Gasteiger partial charge in [0.05, 0.1) is 12.5 Å². The molecule has 0 radical (unpaired) electrons. The van der Waals surface area contributed by atoms with Crippen molar-refractivity contribution in [3.05, 3.63) is 70.8 Å². The third-order valence-electron chi connectivity index (χ3n) is 5.05. The molecular formula is C19H19NO2. The highest BCUT2D eigenvalue weighted by Crippen LogP contribution is 2.54. The minimum Gasteiger partial charge on any atom is -0.466 e.